The monoisotopic (exact) mass is 447 g/mol. The minimum absolute atomic E-state index is 0.231. The number of rotatable bonds is 9. The molecule has 0 aliphatic carbocycles. The SMILES string of the molecule is CCOC(=O)C=CSC(C(=O)Nc1cc(C)ccc1Cl)C(=O)c1ccc(OC)cc1. The van der Waals surface area contributed by atoms with Gasteiger partial charge in [0.2, 0.25) is 5.91 Å². The Labute approximate surface area is 184 Å². The van der Waals surface area contributed by atoms with Crippen molar-refractivity contribution in [2.24, 2.45) is 0 Å². The number of esters is 1. The van der Waals surface area contributed by atoms with Gasteiger partial charge in [0, 0.05) is 11.6 Å². The summed E-state index contributed by atoms with van der Waals surface area (Å²) in [5.74, 6) is -0.934. The Morgan fingerprint density at radius 3 is 2.50 bits per heavy atom. The Hall–Kier alpha value is -2.77. The first-order valence-corrected chi connectivity index (χ1v) is 10.4. The second-order valence-corrected chi connectivity index (χ2v) is 7.56. The summed E-state index contributed by atoms with van der Waals surface area (Å²) in [5.41, 5.74) is 1.65. The maximum atomic E-state index is 13.0. The van der Waals surface area contributed by atoms with Crippen LogP contribution in [-0.4, -0.2) is 36.6 Å². The summed E-state index contributed by atoms with van der Waals surface area (Å²) < 4.78 is 9.92. The molecule has 0 heterocycles. The van der Waals surface area contributed by atoms with Gasteiger partial charge in [0.25, 0.3) is 0 Å². The van der Waals surface area contributed by atoms with Crippen LogP contribution in [0.2, 0.25) is 5.02 Å². The van der Waals surface area contributed by atoms with E-state index < -0.39 is 22.9 Å². The number of hydrogen-bond acceptors (Lipinski definition) is 6. The van der Waals surface area contributed by atoms with Gasteiger partial charge in [-0.1, -0.05) is 17.7 Å². The Bertz CT molecular complexity index is 943. The standard InChI is InChI=1S/C22H22ClNO5S/c1-4-29-19(25)11-12-30-21(20(26)15-6-8-16(28-3)9-7-15)22(27)24-18-13-14(2)5-10-17(18)23/h5-13,21H,4H2,1-3H3,(H,24,27). The number of Topliss-reactive ketones (excluding diaryl/α,β-unsaturated/α-hetero) is 1. The summed E-state index contributed by atoms with van der Waals surface area (Å²) in [6, 6.07) is 11.6. The molecule has 1 unspecified atom stereocenters. The third-order valence-corrected chi connectivity index (χ3v) is 5.26. The van der Waals surface area contributed by atoms with Crippen LogP contribution >= 0.6 is 23.4 Å². The Morgan fingerprint density at radius 2 is 1.87 bits per heavy atom. The summed E-state index contributed by atoms with van der Waals surface area (Å²) in [5, 5.41) is 3.30. The summed E-state index contributed by atoms with van der Waals surface area (Å²) >= 11 is 7.07. The molecular formula is C22H22ClNO5S. The molecule has 2 aromatic carbocycles. The third-order valence-electron chi connectivity index (χ3n) is 3.94. The molecule has 2 aromatic rings. The number of ketones is 1. The van der Waals surface area contributed by atoms with Crippen LogP contribution in [0.5, 0.6) is 5.75 Å². The molecule has 1 atom stereocenters. The van der Waals surface area contributed by atoms with Crippen molar-refractivity contribution in [2.75, 3.05) is 19.0 Å². The number of aryl methyl sites for hydroxylation is 1. The highest BCUT2D eigenvalue weighted by molar-refractivity contribution is 8.04. The third kappa shape index (κ3) is 6.64. The summed E-state index contributed by atoms with van der Waals surface area (Å²) in [4.78, 5) is 37.5. The highest BCUT2D eigenvalue weighted by Crippen LogP contribution is 2.26. The van der Waals surface area contributed by atoms with E-state index in [0.717, 1.165) is 17.3 Å². The molecule has 0 radical (unpaired) electrons. The first-order valence-electron chi connectivity index (χ1n) is 9.09. The summed E-state index contributed by atoms with van der Waals surface area (Å²) in [6.45, 7) is 3.78. The van der Waals surface area contributed by atoms with Crippen LogP contribution in [0.25, 0.3) is 0 Å². The van der Waals surface area contributed by atoms with Crippen molar-refractivity contribution in [1.29, 1.82) is 0 Å². The molecule has 0 aromatic heterocycles. The molecule has 0 fully saturated rings. The number of anilines is 1. The number of nitrogens with one attached hydrogen (secondary N) is 1. The van der Waals surface area contributed by atoms with Gasteiger partial charge in [0.05, 0.1) is 24.4 Å². The smallest absolute Gasteiger partial charge is 0.331 e. The van der Waals surface area contributed by atoms with E-state index in [1.807, 2.05) is 13.0 Å². The minimum Gasteiger partial charge on any atom is -0.497 e. The first kappa shape index (κ1) is 23.5. The van der Waals surface area contributed by atoms with E-state index in [4.69, 9.17) is 21.1 Å². The lowest BCUT2D eigenvalue weighted by Crippen LogP contribution is -2.32. The Kier molecular flexibility index (Phi) is 8.95. The van der Waals surface area contributed by atoms with E-state index in [-0.39, 0.29) is 6.61 Å². The molecule has 0 spiro atoms. The van der Waals surface area contributed by atoms with Crippen LogP contribution in [0.1, 0.15) is 22.8 Å². The maximum Gasteiger partial charge on any atom is 0.331 e. The largest absolute Gasteiger partial charge is 0.497 e. The molecule has 1 amide bonds. The topological polar surface area (TPSA) is 81.7 Å². The van der Waals surface area contributed by atoms with Crippen molar-refractivity contribution < 1.29 is 23.9 Å². The van der Waals surface area contributed by atoms with Gasteiger partial charge in [0.15, 0.2) is 11.0 Å². The fourth-order valence-corrected chi connectivity index (χ4v) is 3.40. The lowest BCUT2D eigenvalue weighted by molar-refractivity contribution is -0.137. The molecule has 0 bridgehead atoms. The zero-order chi connectivity index (χ0) is 22.1. The van der Waals surface area contributed by atoms with Gasteiger partial charge in [-0.05, 0) is 61.2 Å². The zero-order valence-electron chi connectivity index (χ0n) is 16.8. The van der Waals surface area contributed by atoms with Gasteiger partial charge >= 0.3 is 5.97 Å². The van der Waals surface area contributed by atoms with Crippen molar-refractivity contribution in [2.45, 2.75) is 19.1 Å². The van der Waals surface area contributed by atoms with Crippen molar-refractivity contribution in [3.63, 3.8) is 0 Å². The number of thioether (sulfide) groups is 1. The molecule has 30 heavy (non-hydrogen) atoms. The van der Waals surface area contributed by atoms with E-state index in [9.17, 15) is 14.4 Å². The fourth-order valence-electron chi connectivity index (χ4n) is 2.45. The number of halogens is 1. The van der Waals surface area contributed by atoms with Gasteiger partial charge in [0.1, 0.15) is 5.75 Å². The predicted molar refractivity (Wildman–Crippen MR) is 119 cm³/mol. The van der Waals surface area contributed by atoms with Gasteiger partial charge in [-0.2, -0.15) is 0 Å². The summed E-state index contributed by atoms with van der Waals surface area (Å²) in [7, 11) is 1.52. The van der Waals surface area contributed by atoms with E-state index in [1.165, 1.54) is 18.6 Å². The van der Waals surface area contributed by atoms with E-state index >= 15 is 0 Å². The molecule has 0 aliphatic rings. The van der Waals surface area contributed by atoms with Crippen molar-refractivity contribution in [3.8, 4) is 5.75 Å². The molecule has 6 nitrogen and oxygen atoms in total. The van der Waals surface area contributed by atoms with Crippen LogP contribution in [0.4, 0.5) is 5.69 Å². The molecule has 0 saturated carbocycles. The van der Waals surface area contributed by atoms with Crippen LogP contribution in [0, 0.1) is 6.92 Å². The number of carbonyl (C=O) groups excluding carboxylic acids is 3. The van der Waals surface area contributed by atoms with Gasteiger partial charge < -0.3 is 14.8 Å². The fraction of sp³-hybridized carbons (Fsp3) is 0.227. The predicted octanol–water partition coefficient (Wildman–Crippen LogP) is 4.66. The molecule has 0 saturated heterocycles. The number of methoxy groups -OCH3 is 1. The van der Waals surface area contributed by atoms with Crippen LogP contribution in [0.3, 0.4) is 0 Å². The Morgan fingerprint density at radius 1 is 1.17 bits per heavy atom. The normalized spacial score (nSPS) is 11.7. The van der Waals surface area contributed by atoms with Crippen LogP contribution in [0.15, 0.2) is 53.9 Å². The molecular weight excluding hydrogens is 426 g/mol. The maximum absolute atomic E-state index is 13.0. The number of hydrogen-bond donors (Lipinski definition) is 1. The van der Waals surface area contributed by atoms with E-state index in [0.29, 0.717) is 22.0 Å². The minimum atomic E-state index is -1.14. The second kappa shape index (κ2) is 11.4. The quantitative estimate of drug-likeness (QED) is 0.260. The molecule has 0 aliphatic heterocycles. The molecule has 8 heteroatoms. The van der Waals surface area contributed by atoms with Crippen molar-refractivity contribution in [3.05, 3.63) is 70.1 Å². The lowest BCUT2D eigenvalue weighted by Gasteiger charge is -2.15. The lowest BCUT2D eigenvalue weighted by atomic mass is 10.1. The van der Waals surface area contributed by atoms with Gasteiger partial charge in [-0.25, -0.2) is 4.79 Å². The molecule has 1 N–H and O–H groups in total. The van der Waals surface area contributed by atoms with Gasteiger partial charge in [-0.3, -0.25) is 9.59 Å². The number of benzene rings is 2. The number of carbonyl (C=O) groups is 3. The number of ether oxygens (including phenoxy) is 2. The van der Waals surface area contributed by atoms with E-state index in [2.05, 4.69) is 5.32 Å². The zero-order valence-corrected chi connectivity index (χ0v) is 18.4. The highest BCUT2D eigenvalue weighted by atomic mass is 35.5. The summed E-state index contributed by atoms with van der Waals surface area (Å²) in [6.07, 6.45) is 1.18. The van der Waals surface area contributed by atoms with Crippen LogP contribution in [-0.2, 0) is 14.3 Å². The number of amides is 1. The first-order chi connectivity index (χ1) is 14.3. The molecule has 158 valence electrons. The second-order valence-electron chi connectivity index (χ2n) is 6.14. The van der Waals surface area contributed by atoms with Gasteiger partial charge in [-0.15, -0.1) is 11.8 Å². The average molecular weight is 448 g/mol. The Balaban J connectivity index is 2.26. The highest BCUT2D eigenvalue weighted by Gasteiger charge is 2.28. The average Bonchev–Trinajstić information content (AvgIpc) is 2.73. The molecule has 2 rings (SSSR count). The van der Waals surface area contributed by atoms with Crippen molar-refractivity contribution in [1.82, 2.24) is 0 Å². The van der Waals surface area contributed by atoms with Crippen molar-refractivity contribution >= 4 is 46.7 Å². The van der Waals surface area contributed by atoms with E-state index in [1.54, 1.807) is 43.3 Å². The van der Waals surface area contributed by atoms with Crippen LogP contribution < -0.4 is 10.1 Å².